The summed E-state index contributed by atoms with van der Waals surface area (Å²) in [6.45, 7) is 1.17. The van der Waals surface area contributed by atoms with Gasteiger partial charge in [0.1, 0.15) is 0 Å². The molecule has 2 heterocycles. The highest BCUT2D eigenvalue weighted by Crippen LogP contribution is 2.25. The van der Waals surface area contributed by atoms with Crippen molar-refractivity contribution in [3.05, 3.63) is 65.7 Å². The fraction of sp³-hybridized carbons (Fsp3) is 0.364. The summed E-state index contributed by atoms with van der Waals surface area (Å²) in [6.07, 6.45) is 0.831. The minimum atomic E-state index is -3.47. The molecule has 30 heavy (non-hydrogen) atoms. The first-order valence-corrected chi connectivity index (χ1v) is 11.7. The van der Waals surface area contributed by atoms with Crippen LogP contribution in [0.15, 0.2) is 54.6 Å². The molecule has 2 aromatic carbocycles. The van der Waals surface area contributed by atoms with E-state index in [1.54, 1.807) is 4.90 Å². The van der Waals surface area contributed by atoms with E-state index in [2.05, 4.69) is 5.32 Å². The first kappa shape index (κ1) is 20.6. The summed E-state index contributed by atoms with van der Waals surface area (Å²) in [4.78, 5) is 26.4. The molecule has 1 saturated heterocycles. The SMILES string of the molecule is O=C(NCCS(=O)(=O)N1CCc2ccccc2C1)[C@@H]1CC(=O)N(c2ccccc2)C1. The molecule has 2 aliphatic heterocycles. The Morgan fingerprint density at radius 3 is 2.50 bits per heavy atom. The largest absolute Gasteiger partial charge is 0.355 e. The van der Waals surface area contributed by atoms with Crippen LogP contribution in [0.5, 0.6) is 0 Å². The summed E-state index contributed by atoms with van der Waals surface area (Å²) in [5.74, 6) is -0.992. The second-order valence-electron chi connectivity index (χ2n) is 7.70. The molecule has 0 bridgehead atoms. The van der Waals surface area contributed by atoms with Gasteiger partial charge in [0.15, 0.2) is 0 Å². The molecule has 1 atom stereocenters. The normalized spacial score (nSPS) is 19.5. The summed E-state index contributed by atoms with van der Waals surface area (Å²) in [5, 5.41) is 2.71. The molecule has 2 aromatic rings. The Kier molecular flexibility index (Phi) is 5.87. The van der Waals surface area contributed by atoms with Crippen molar-refractivity contribution in [3.63, 3.8) is 0 Å². The number of carbonyl (C=O) groups is 2. The van der Waals surface area contributed by atoms with Gasteiger partial charge in [-0.15, -0.1) is 0 Å². The third-order valence-electron chi connectivity index (χ3n) is 5.71. The molecule has 1 N–H and O–H groups in total. The van der Waals surface area contributed by atoms with Crippen LogP contribution in [0.25, 0.3) is 0 Å². The van der Waals surface area contributed by atoms with Gasteiger partial charge in [-0.2, -0.15) is 4.31 Å². The van der Waals surface area contributed by atoms with Crippen LogP contribution in [0.3, 0.4) is 0 Å². The number of fused-ring (bicyclic) bond motifs is 1. The van der Waals surface area contributed by atoms with Crippen molar-refractivity contribution in [1.29, 1.82) is 0 Å². The predicted octanol–water partition coefficient (Wildman–Crippen LogP) is 1.54. The number of carbonyl (C=O) groups excluding carboxylic acids is 2. The lowest BCUT2D eigenvalue weighted by atomic mass is 10.0. The fourth-order valence-electron chi connectivity index (χ4n) is 4.02. The van der Waals surface area contributed by atoms with Gasteiger partial charge in [-0.25, -0.2) is 8.42 Å². The summed E-state index contributed by atoms with van der Waals surface area (Å²) in [7, 11) is -3.47. The molecule has 0 aliphatic carbocycles. The Morgan fingerprint density at radius 2 is 1.73 bits per heavy atom. The van der Waals surface area contributed by atoms with E-state index in [1.807, 2.05) is 54.6 Å². The highest BCUT2D eigenvalue weighted by atomic mass is 32.2. The Hall–Kier alpha value is -2.71. The Morgan fingerprint density at radius 1 is 1.03 bits per heavy atom. The van der Waals surface area contributed by atoms with Crippen LogP contribution >= 0.6 is 0 Å². The predicted molar refractivity (Wildman–Crippen MR) is 114 cm³/mol. The van der Waals surface area contributed by atoms with Crippen LogP contribution in [0.1, 0.15) is 17.5 Å². The molecule has 158 valence electrons. The maximum absolute atomic E-state index is 12.7. The van der Waals surface area contributed by atoms with Gasteiger partial charge in [0.25, 0.3) is 0 Å². The number of benzene rings is 2. The lowest BCUT2D eigenvalue weighted by Gasteiger charge is -2.28. The van der Waals surface area contributed by atoms with Crippen molar-refractivity contribution >= 4 is 27.5 Å². The average Bonchev–Trinajstić information content (AvgIpc) is 3.15. The van der Waals surface area contributed by atoms with Crippen molar-refractivity contribution in [2.75, 3.05) is 30.3 Å². The third-order valence-corrected chi connectivity index (χ3v) is 7.53. The second kappa shape index (κ2) is 8.57. The van der Waals surface area contributed by atoms with E-state index >= 15 is 0 Å². The zero-order valence-electron chi connectivity index (χ0n) is 16.7. The van der Waals surface area contributed by atoms with Crippen LogP contribution in [0, 0.1) is 5.92 Å². The number of amides is 2. The van der Waals surface area contributed by atoms with Crippen molar-refractivity contribution in [3.8, 4) is 0 Å². The highest BCUT2D eigenvalue weighted by Gasteiger charge is 2.35. The van der Waals surface area contributed by atoms with Crippen molar-refractivity contribution in [1.82, 2.24) is 9.62 Å². The van der Waals surface area contributed by atoms with Crippen molar-refractivity contribution in [2.45, 2.75) is 19.4 Å². The number of hydrogen-bond donors (Lipinski definition) is 1. The van der Waals surface area contributed by atoms with Crippen molar-refractivity contribution in [2.24, 2.45) is 5.92 Å². The third kappa shape index (κ3) is 4.39. The van der Waals surface area contributed by atoms with E-state index in [0.717, 1.165) is 11.3 Å². The average molecular weight is 428 g/mol. The maximum atomic E-state index is 12.7. The smallest absolute Gasteiger partial charge is 0.227 e. The zero-order chi connectivity index (χ0) is 21.1. The Balaban J connectivity index is 1.29. The number of hydrogen-bond acceptors (Lipinski definition) is 4. The molecule has 7 nitrogen and oxygen atoms in total. The molecule has 0 radical (unpaired) electrons. The molecule has 4 rings (SSSR count). The number of nitrogens with zero attached hydrogens (tertiary/aromatic N) is 2. The number of para-hydroxylation sites is 1. The molecule has 0 aromatic heterocycles. The van der Waals surface area contributed by atoms with Gasteiger partial charge in [0.05, 0.1) is 11.7 Å². The van der Waals surface area contributed by atoms with Crippen LogP contribution in [0.2, 0.25) is 0 Å². The van der Waals surface area contributed by atoms with Gasteiger partial charge in [-0.3, -0.25) is 9.59 Å². The molecule has 8 heteroatoms. The van der Waals surface area contributed by atoms with Crippen LogP contribution < -0.4 is 10.2 Å². The van der Waals surface area contributed by atoms with Gasteiger partial charge in [-0.1, -0.05) is 42.5 Å². The minimum absolute atomic E-state index is 0.0370. The first-order chi connectivity index (χ1) is 14.4. The van der Waals surface area contributed by atoms with E-state index in [1.165, 1.54) is 9.87 Å². The number of sulfonamides is 1. The van der Waals surface area contributed by atoms with E-state index < -0.39 is 15.9 Å². The van der Waals surface area contributed by atoms with Gasteiger partial charge in [0, 0.05) is 38.3 Å². The van der Waals surface area contributed by atoms with Crippen molar-refractivity contribution < 1.29 is 18.0 Å². The molecular formula is C22H25N3O4S. The quantitative estimate of drug-likeness (QED) is 0.758. The molecule has 0 unspecified atom stereocenters. The molecule has 1 fully saturated rings. The van der Waals surface area contributed by atoms with E-state index in [4.69, 9.17) is 0 Å². The first-order valence-electron chi connectivity index (χ1n) is 10.1. The molecule has 0 saturated carbocycles. The zero-order valence-corrected chi connectivity index (χ0v) is 17.5. The van der Waals surface area contributed by atoms with E-state index in [0.29, 0.717) is 26.1 Å². The van der Waals surface area contributed by atoms with Gasteiger partial charge in [-0.05, 0) is 29.7 Å². The van der Waals surface area contributed by atoms with Gasteiger partial charge in [0.2, 0.25) is 21.8 Å². The minimum Gasteiger partial charge on any atom is -0.355 e. The summed E-state index contributed by atoms with van der Waals surface area (Å²) < 4.78 is 26.9. The Bertz CT molecular complexity index is 1040. The van der Waals surface area contributed by atoms with E-state index in [9.17, 15) is 18.0 Å². The molecule has 2 aliphatic rings. The molecule has 0 spiro atoms. The number of anilines is 1. The second-order valence-corrected chi connectivity index (χ2v) is 9.79. The summed E-state index contributed by atoms with van der Waals surface area (Å²) in [6, 6.07) is 17.1. The number of nitrogens with one attached hydrogen (secondary N) is 1. The Labute approximate surface area is 176 Å². The maximum Gasteiger partial charge on any atom is 0.227 e. The lowest BCUT2D eigenvalue weighted by Crippen LogP contribution is -2.41. The summed E-state index contributed by atoms with van der Waals surface area (Å²) >= 11 is 0. The van der Waals surface area contributed by atoms with Crippen LogP contribution in [-0.4, -0.2) is 49.9 Å². The fourth-order valence-corrected chi connectivity index (χ4v) is 5.35. The number of rotatable bonds is 6. The van der Waals surface area contributed by atoms with Crippen LogP contribution in [-0.2, 0) is 32.6 Å². The highest BCUT2D eigenvalue weighted by molar-refractivity contribution is 7.89. The monoisotopic (exact) mass is 427 g/mol. The van der Waals surface area contributed by atoms with Crippen LogP contribution in [0.4, 0.5) is 5.69 Å². The topological polar surface area (TPSA) is 86.8 Å². The lowest BCUT2D eigenvalue weighted by molar-refractivity contribution is -0.126. The molecular weight excluding hydrogens is 402 g/mol. The summed E-state index contributed by atoms with van der Waals surface area (Å²) in [5.41, 5.74) is 2.98. The molecule has 2 amide bonds. The van der Waals surface area contributed by atoms with E-state index in [-0.39, 0.29) is 30.5 Å². The van der Waals surface area contributed by atoms with Gasteiger partial charge < -0.3 is 10.2 Å². The standard InChI is InChI=1S/C22H25N3O4S/c26-21-14-19(16-25(21)20-8-2-1-3-9-20)22(27)23-11-13-30(28,29)24-12-10-17-6-4-5-7-18(17)15-24/h1-9,19H,10-16H2,(H,23,27)/t19-/m1/s1. The van der Waals surface area contributed by atoms with Gasteiger partial charge >= 0.3 is 0 Å².